The highest BCUT2D eigenvalue weighted by molar-refractivity contribution is 5.78. The summed E-state index contributed by atoms with van der Waals surface area (Å²) in [6.45, 7) is 1.70. The molecule has 2 aromatic carbocycles. The quantitative estimate of drug-likeness (QED) is 0.944. The van der Waals surface area contributed by atoms with Crippen LogP contribution in [0.2, 0.25) is 0 Å². The van der Waals surface area contributed by atoms with Crippen molar-refractivity contribution in [3.63, 3.8) is 0 Å². The van der Waals surface area contributed by atoms with Crippen molar-refractivity contribution in [2.24, 2.45) is 0 Å². The number of benzene rings is 2. The molecule has 0 bridgehead atoms. The molecule has 0 atom stereocenters. The van der Waals surface area contributed by atoms with Gasteiger partial charge in [-0.05, 0) is 35.4 Å². The summed E-state index contributed by atoms with van der Waals surface area (Å²) in [5, 5.41) is 2.86. The standard InChI is InChI=1S/C18H18FNO3/c19-15-5-2-13(3-6-15)11-18(21)20-12-14-4-7-16-17(10-14)23-9-1-8-22-16/h2-7,10H,1,8-9,11-12H2,(H,20,21). The predicted octanol–water partition coefficient (Wildman–Crippen LogP) is 2.85. The van der Waals surface area contributed by atoms with Crippen molar-refractivity contribution in [2.45, 2.75) is 19.4 Å². The molecule has 0 aromatic heterocycles. The van der Waals surface area contributed by atoms with Crippen LogP contribution in [0.1, 0.15) is 17.5 Å². The number of hydrogen-bond acceptors (Lipinski definition) is 3. The molecule has 0 saturated carbocycles. The van der Waals surface area contributed by atoms with Crippen LogP contribution in [-0.4, -0.2) is 19.1 Å². The maximum Gasteiger partial charge on any atom is 0.224 e. The Morgan fingerprint density at radius 2 is 1.70 bits per heavy atom. The SMILES string of the molecule is O=C(Cc1ccc(F)cc1)NCc1ccc2c(c1)OCCCO2. The maximum atomic E-state index is 12.8. The molecule has 0 saturated heterocycles. The third kappa shape index (κ3) is 4.22. The van der Waals surface area contributed by atoms with Crippen LogP contribution in [0.25, 0.3) is 0 Å². The Morgan fingerprint density at radius 1 is 1.00 bits per heavy atom. The number of rotatable bonds is 4. The van der Waals surface area contributed by atoms with Gasteiger partial charge in [0.2, 0.25) is 5.91 Å². The molecule has 120 valence electrons. The first-order valence-corrected chi connectivity index (χ1v) is 7.60. The first-order chi connectivity index (χ1) is 11.2. The van der Waals surface area contributed by atoms with E-state index in [9.17, 15) is 9.18 Å². The zero-order valence-corrected chi connectivity index (χ0v) is 12.7. The molecule has 3 rings (SSSR count). The monoisotopic (exact) mass is 315 g/mol. The third-order valence-corrected chi connectivity index (χ3v) is 3.58. The van der Waals surface area contributed by atoms with Gasteiger partial charge in [-0.2, -0.15) is 0 Å². The van der Waals surface area contributed by atoms with Gasteiger partial charge in [-0.15, -0.1) is 0 Å². The summed E-state index contributed by atoms with van der Waals surface area (Å²) in [4.78, 5) is 12.0. The van der Waals surface area contributed by atoms with E-state index in [1.807, 2.05) is 18.2 Å². The smallest absolute Gasteiger partial charge is 0.224 e. The van der Waals surface area contributed by atoms with E-state index in [-0.39, 0.29) is 18.1 Å². The molecule has 0 radical (unpaired) electrons. The predicted molar refractivity (Wildman–Crippen MR) is 84.0 cm³/mol. The molecule has 0 fully saturated rings. The second kappa shape index (κ2) is 7.13. The second-order valence-corrected chi connectivity index (χ2v) is 5.41. The van der Waals surface area contributed by atoms with E-state index in [0.29, 0.717) is 25.5 Å². The molecule has 0 spiro atoms. The summed E-state index contributed by atoms with van der Waals surface area (Å²) in [6, 6.07) is 11.6. The summed E-state index contributed by atoms with van der Waals surface area (Å²) in [6.07, 6.45) is 1.09. The van der Waals surface area contributed by atoms with Gasteiger partial charge in [0.15, 0.2) is 11.5 Å². The zero-order valence-electron chi connectivity index (χ0n) is 12.7. The van der Waals surface area contributed by atoms with Crippen molar-refractivity contribution >= 4 is 5.91 Å². The van der Waals surface area contributed by atoms with Crippen LogP contribution in [0.4, 0.5) is 4.39 Å². The highest BCUT2D eigenvalue weighted by Crippen LogP contribution is 2.30. The normalized spacial score (nSPS) is 13.3. The first-order valence-electron chi connectivity index (χ1n) is 7.60. The van der Waals surface area contributed by atoms with E-state index in [1.165, 1.54) is 12.1 Å². The van der Waals surface area contributed by atoms with E-state index in [2.05, 4.69) is 5.32 Å². The van der Waals surface area contributed by atoms with E-state index in [4.69, 9.17) is 9.47 Å². The van der Waals surface area contributed by atoms with Gasteiger partial charge in [-0.1, -0.05) is 18.2 Å². The number of halogens is 1. The largest absolute Gasteiger partial charge is 0.490 e. The van der Waals surface area contributed by atoms with Crippen molar-refractivity contribution in [1.29, 1.82) is 0 Å². The maximum absolute atomic E-state index is 12.8. The Balaban J connectivity index is 1.56. The highest BCUT2D eigenvalue weighted by Gasteiger charge is 2.11. The number of ether oxygens (including phenoxy) is 2. The van der Waals surface area contributed by atoms with Crippen molar-refractivity contribution < 1.29 is 18.7 Å². The fourth-order valence-corrected chi connectivity index (χ4v) is 2.37. The van der Waals surface area contributed by atoms with Gasteiger partial charge in [0, 0.05) is 13.0 Å². The Bertz CT molecular complexity index is 685. The molecule has 1 amide bonds. The van der Waals surface area contributed by atoms with Crippen molar-refractivity contribution in [1.82, 2.24) is 5.32 Å². The summed E-state index contributed by atoms with van der Waals surface area (Å²) in [5.74, 6) is 1.04. The van der Waals surface area contributed by atoms with Crippen LogP contribution in [0.3, 0.4) is 0 Å². The topological polar surface area (TPSA) is 47.6 Å². The number of carbonyl (C=O) groups is 1. The molecular formula is C18H18FNO3. The van der Waals surface area contributed by atoms with E-state index >= 15 is 0 Å². The van der Waals surface area contributed by atoms with Gasteiger partial charge in [-0.3, -0.25) is 4.79 Å². The van der Waals surface area contributed by atoms with Gasteiger partial charge in [0.25, 0.3) is 0 Å². The summed E-state index contributed by atoms with van der Waals surface area (Å²) < 4.78 is 24.0. The van der Waals surface area contributed by atoms with Gasteiger partial charge in [0.05, 0.1) is 19.6 Å². The van der Waals surface area contributed by atoms with Gasteiger partial charge >= 0.3 is 0 Å². The number of fused-ring (bicyclic) bond motifs is 1. The molecule has 4 nitrogen and oxygen atoms in total. The summed E-state index contributed by atoms with van der Waals surface area (Å²) in [7, 11) is 0. The molecule has 0 aliphatic carbocycles. The van der Waals surface area contributed by atoms with Crippen LogP contribution in [0.5, 0.6) is 11.5 Å². The Labute approximate surface area is 134 Å². The van der Waals surface area contributed by atoms with Crippen LogP contribution in [-0.2, 0) is 17.8 Å². The van der Waals surface area contributed by atoms with Crippen molar-refractivity contribution in [3.8, 4) is 11.5 Å². The van der Waals surface area contributed by atoms with E-state index in [1.54, 1.807) is 12.1 Å². The molecule has 1 heterocycles. The number of hydrogen-bond donors (Lipinski definition) is 1. The molecule has 23 heavy (non-hydrogen) atoms. The number of amides is 1. The van der Waals surface area contributed by atoms with Crippen LogP contribution in [0.15, 0.2) is 42.5 Å². The van der Waals surface area contributed by atoms with Crippen LogP contribution in [0, 0.1) is 5.82 Å². The minimum atomic E-state index is -0.304. The lowest BCUT2D eigenvalue weighted by molar-refractivity contribution is -0.120. The minimum absolute atomic E-state index is 0.108. The van der Waals surface area contributed by atoms with Crippen LogP contribution >= 0.6 is 0 Å². The van der Waals surface area contributed by atoms with Crippen LogP contribution < -0.4 is 14.8 Å². The van der Waals surface area contributed by atoms with E-state index in [0.717, 1.165) is 23.3 Å². The lowest BCUT2D eigenvalue weighted by Gasteiger charge is -2.10. The average Bonchev–Trinajstić information content (AvgIpc) is 2.80. The third-order valence-electron chi connectivity index (χ3n) is 3.58. The van der Waals surface area contributed by atoms with Crippen molar-refractivity contribution in [3.05, 3.63) is 59.4 Å². The lowest BCUT2D eigenvalue weighted by atomic mass is 10.1. The molecular weight excluding hydrogens is 297 g/mol. The second-order valence-electron chi connectivity index (χ2n) is 5.41. The molecule has 1 aliphatic heterocycles. The van der Waals surface area contributed by atoms with Gasteiger partial charge < -0.3 is 14.8 Å². The Kier molecular flexibility index (Phi) is 4.76. The first kappa shape index (κ1) is 15.3. The average molecular weight is 315 g/mol. The fourth-order valence-electron chi connectivity index (χ4n) is 2.37. The molecule has 0 unspecified atom stereocenters. The Morgan fingerprint density at radius 3 is 2.48 bits per heavy atom. The fraction of sp³-hybridized carbons (Fsp3) is 0.278. The highest BCUT2D eigenvalue weighted by atomic mass is 19.1. The summed E-state index contributed by atoms with van der Waals surface area (Å²) in [5.41, 5.74) is 1.73. The van der Waals surface area contributed by atoms with Gasteiger partial charge in [-0.25, -0.2) is 4.39 Å². The zero-order chi connectivity index (χ0) is 16.1. The Hall–Kier alpha value is -2.56. The molecule has 1 N–H and O–H groups in total. The van der Waals surface area contributed by atoms with Crippen molar-refractivity contribution in [2.75, 3.05) is 13.2 Å². The number of nitrogens with one attached hydrogen (secondary N) is 1. The molecule has 2 aromatic rings. The number of carbonyl (C=O) groups excluding carboxylic acids is 1. The summed E-state index contributed by atoms with van der Waals surface area (Å²) >= 11 is 0. The van der Waals surface area contributed by atoms with Gasteiger partial charge in [0.1, 0.15) is 5.82 Å². The molecule has 5 heteroatoms. The molecule has 1 aliphatic rings. The lowest BCUT2D eigenvalue weighted by Crippen LogP contribution is -2.24. The van der Waals surface area contributed by atoms with E-state index < -0.39 is 0 Å². The minimum Gasteiger partial charge on any atom is -0.490 e.